The number of aromatic nitrogens is 2. The van der Waals surface area contributed by atoms with E-state index in [1.54, 1.807) is 6.92 Å². The molecule has 0 saturated carbocycles. The summed E-state index contributed by atoms with van der Waals surface area (Å²) < 4.78 is 11.4. The monoisotopic (exact) mass is 689 g/mol. The highest BCUT2D eigenvalue weighted by Gasteiger charge is 2.42. The minimum atomic E-state index is -0.979. The lowest BCUT2D eigenvalue weighted by Crippen LogP contribution is -2.48. The molecule has 2 aliphatic heterocycles. The normalized spacial score (nSPS) is 23.2. The first-order chi connectivity index (χ1) is 23.9. The smallest absolute Gasteiger partial charge is 0.276 e. The van der Waals surface area contributed by atoms with Gasteiger partial charge in [0.05, 0.1) is 0 Å². The van der Waals surface area contributed by atoms with Gasteiger partial charge in [-0.15, -0.1) is 0 Å². The fraction of sp³-hybridized carbons (Fsp3) is 0.528. The number of carbonyl (C=O) groups excluding carboxylic acids is 5. The van der Waals surface area contributed by atoms with Crippen LogP contribution in [0.15, 0.2) is 51.7 Å². The topological polar surface area (TPSA) is 189 Å². The van der Waals surface area contributed by atoms with Crippen molar-refractivity contribution in [1.29, 1.82) is 0 Å². The van der Waals surface area contributed by atoms with E-state index >= 15 is 0 Å². The summed E-state index contributed by atoms with van der Waals surface area (Å²) in [5, 5.41) is 11.6. The summed E-state index contributed by atoms with van der Waals surface area (Å²) in [5.74, 6) is -1.57. The first-order valence-corrected chi connectivity index (χ1v) is 17.3. The van der Waals surface area contributed by atoms with Crippen LogP contribution >= 0.6 is 0 Å². The van der Waals surface area contributed by atoms with Crippen molar-refractivity contribution in [3.8, 4) is 0 Å². The Morgan fingerprint density at radius 1 is 0.900 bits per heavy atom. The van der Waals surface area contributed by atoms with Gasteiger partial charge >= 0.3 is 0 Å². The molecule has 5 atom stereocenters. The Balaban J connectivity index is 1.48. The van der Waals surface area contributed by atoms with Gasteiger partial charge < -0.3 is 35.0 Å². The van der Waals surface area contributed by atoms with Crippen LogP contribution in [0.1, 0.15) is 117 Å². The SMILES string of the molecule is CC(C)CCCC(=O)N[C@H]1C[C@H]2C(=O)N[C@@H](Cc3ccccc3)c3nc(co3)C(=O)N[C@H](CC(C)C)C(=O)N[C@H](C)c3nc(co3)C(=O)N2C1. The summed E-state index contributed by atoms with van der Waals surface area (Å²) in [6.45, 7) is 9.78. The number of nitrogens with one attached hydrogen (secondary N) is 4. The van der Waals surface area contributed by atoms with Crippen LogP contribution in [0.4, 0.5) is 0 Å². The molecule has 2 aliphatic rings. The molecule has 0 spiro atoms. The molecule has 14 nitrogen and oxygen atoms in total. The third-order valence-electron chi connectivity index (χ3n) is 8.87. The van der Waals surface area contributed by atoms with E-state index in [2.05, 4.69) is 45.1 Å². The van der Waals surface area contributed by atoms with Gasteiger partial charge in [0.1, 0.15) is 36.7 Å². The van der Waals surface area contributed by atoms with Gasteiger partial charge in [0.15, 0.2) is 11.4 Å². The number of oxazole rings is 2. The molecule has 5 rings (SSSR count). The zero-order valence-electron chi connectivity index (χ0n) is 29.2. The fourth-order valence-corrected chi connectivity index (χ4v) is 6.30. The van der Waals surface area contributed by atoms with Crippen LogP contribution in [0.2, 0.25) is 0 Å². The molecule has 0 radical (unpaired) electrons. The number of hydrogen-bond acceptors (Lipinski definition) is 9. The quantitative estimate of drug-likeness (QED) is 0.260. The van der Waals surface area contributed by atoms with E-state index in [0.29, 0.717) is 18.8 Å². The van der Waals surface area contributed by atoms with E-state index < -0.39 is 53.8 Å². The molecular formula is C36H47N7O7. The third-order valence-corrected chi connectivity index (χ3v) is 8.87. The van der Waals surface area contributed by atoms with E-state index in [1.807, 2.05) is 44.2 Å². The highest BCUT2D eigenvalue weighted by molar-refractivity contribution is 5.97. The van der Waals surface area contributed by atoms with Gasteiger partial charge in [0.25, 0.3) is 11.8 Å². The van der Waals surface area contributed by atoms with Gasteiger partial charge in [-0.25, -0.2) is 9.97 Å². The summed E-state index contributed by atoms with van der Waals surface area (Å²) in [4.78, 5) is 77.9. The van der Waals surface area contributed by atoms with Crippen LogP contribution in [0, 0.1) is 11.8 Å². The Bertz CT molecular complexity index is 1670. The molecule has 3 aromatic rings. The van der Waals surface area contributed by atoms with Crippen molar-refractivity contribution in [2.45, 2.75) is 103 Å². The largest absolute Gasteiger partial charge is 0.446 e. The molecule has 0 unspecified atom stereocenters. The number of hydrogen-bond donors (Lipinski definition) is 4. The fourth-order valence-electron chi connectivity index (χ4n) is 6.30. The molecular weight excluding hydrogens is 642 g/mol. The Morgan fingerprint density at radius 3 is 2.32 bits per heavy atom. The number of amides is 5. The maximum absolute atomic E-state index is 14.1. The first kappa shape index (κ1) is 36.3. The van der Waals surface area contributed by atoms with Crippen molar-refractivity contribution in [2.24, 2.45) is 11.8 Å². The minimum Gasteiger partial charge on any atom is -0.446 e. The molecule has 4 heterocycles. The van der Waals surface area contributed by atoms with E-state index in [-0.39, 0.29) is 54.4 Å². The average Bonchev–Trinajstić information content (AvgIpc) is 3.84. The highest BCUT2D eigenvalue weighted by Crippen LogP contribution is 2.26. The molecule has 268 valence electrons. The summed E-state index contributed by atoms with van der Waals surface area (Å²) in [5.41, 5.74) is 0.764. The molecule has 1 saturated heterocycles. The predicted molar refractivity (Wildman–Crippen MR) is 181 cm³/mol. The van der Waals surface area contributed by atoms with E-state index in [4.69, 9.17) is 8.83 Å². The summed E-state index contributed by atoms with van der Waals surface area (Å²) in [6, 6.07) is 5.45. The van der Waals surface area contributed by atoms with Gasteiger partial charge in [0, 0.05) is 25.4 Å². The average molecular weight is 690 g/mol. The van der Waals surface area contributed by atoms with Crippen molar-refractivity contribution < 1.29 is 32.8 Å². The number of fused-ring (bicyclic) bond motifs is 5. The van der Waals surface area contributed by atoms with Crippen molar-refractivity contribution in [3.05, 3.63) is 71.6 Å². The maximum atomic E-state index is 14.1. The predicted octanol–water partition coefficient (Wildman–Crippen LogP) is 3.62. The van der Waals surface area contributed by atoms with Crippen molar-refractivity contribution in [1.82, 2.24) is 36.1 Å². The molecule has 4 bridgehead atoms. The minimum absolute atomic E-state index is 0.0471. The summed E-state index contributed by atoms with van der Waals surface area (Å²) in [7, 11) is 0. The lowest BCUT2D eigenvalue weighted by Gasteiger charge is -2.25. The molecule has 1 aromatic carbocycles. The van der Waals surface area contributed by atoms with Gasteiger partial charge in [-0.3, -0.25) is 24.0 Å². The van der Waals surface area contributed by atoms with Gasteiger partial charge in [0.2, 0.25) is 29.5 Å². The lowest BCUT2D eigenvalue weighted by atomic mass is 10.0. The molecule has 5 amide bonds. The second kappa shape index (κ2) is 16.1. The first-order valence-electron chi connectivity index (χ1n) is 17.3. The van der Waals surface area contributed by atoms with E-state index in [1.165, 1.54) is 17.4 Å². The number of benzene rings is 1. The Kier molecular flexibility index (Phi) is 11.7. The zero-order valence-corrected chi connectivity index (χ0v) is 29.2. The summed E-state index contributed by atoms with van der Waals surface area (Å²) in [6.07, 6.45) is 5.14. The van der Waals surface area contributed by atoms with Crippen molar-refractivity contribution >= 4 is 29.5 Å². The Labute approximate surface area is 291 Å². The van der Waals surface area contributed by atoms with Crippen LogP contribution < -0.4 is 21.3 Å². The molecule has 0 aliphatic carbocycles. The second-order valence-corrected chi connectivity index (χ2v) is 14.0. The Hall–Kier alpha value is -5.01. The second-order valence-electron chi connectivity index (χ2n) is 14.0. The molecule has 1 fully saturated rings. The number of rotatable bonds is 9. The van der Waals surface area contributed by atoms with Crippen LogP contribution in [0.25, 0.3) is 0 Å². The van der Waals surface area contributed by atoms with Gasteiger partial charge in [-0.1, -0.05) is 64.4 Å². The standard InChI is InChI=1S/C36H47N7O7/c1-20(2)10-9-13-30(44)38-24-16-29-33(47)40-26(15-23-11-7-6-8-12-23)35-41-27(18-50-35)32(46)39-25(14-21(3)4)31(45)37-22(5)34-42-28(19-49-34)36(48)43(29)17-24/h6-8,11-12,18-22,24-26,29H,9-10,13-17H2,1-5H3,(H,37,45)(H,38,44)(H,39,46)(H,40,47)/t22-,24+,25-,26+,29+/m1/s1. The number of nitrogens with zero attached hydrogens (tertiary/aromatic N) is 3. The van der Waals surface area contributed by atoms with Gasteiger partial charge in [-0.05, 0) is 43.6 Å². The van der Waals surface area contributed by atoms with E-state index in [0.717, 1.165) is 18.4 Å². The highest BCUT2D eigenvalue weighted by atomic mass is 16.3. The molecule has 14 heteroatoms. The van der Waals surface area contributed by atoms with Crippen LogP contribution in [-0.2, 0) is 20.8 Å². The van der Waals surface area contributed by atoms with Crippen LogP contribution in [0.5, 0.6) is 0 Å². The molecule has 4 N–H and O–H groups in total. The zero-order chi connectivity index (χ0) is 35.9. The van der Waals surface area contributed by atoms with Gasteiger partial charge in [-0.2, -0.15) is 0 Å². The Morgan fingerprint density at radius 2 is 1.60 bits per heavy atom. The van der Waals surface area contributed by atoms with E-state index in [9.17, 15) is 24.0 Å². The maximum Gasteiger partial charge on any atom is 0.276 e. The number of carbonyl (C=O) groups is 5. The molecule has 2 aromatic heterocycles. The third kappa shape index (κ3) is 9.16. The van der Waals surface area contributed by atoms with Crippen LogP contribution in [0.3, 0.4) is 0 Å². The van der Waals surface area contributed by atoms with Crippen LogP contribution in [-0.4, -0.2) is 69.1 Å². The summed E-state index contributed by atoms with van der Waals surface area (Å²) >= 11 is 0. The van der Waals surface area contributed by atoms with Crippen molar-refractivity contribution in [2.75, 3.05) is 6.54 Å². The lowest BCUT2D eigenvalue weighted by molar-refractivity contribution is -0.126. The molecule has 50 heavy (non-hydrogen) atoms. The van der Waals surface area contributed by atoms with Crippen molar-refractivity contribution in [3.63, 3.8) is 0 Å².